The first-order valence-corrected chi connectivity index (χ1v) is 8.21. The van der Waals surface area contributed by atoms with Gasteiger partial charge in [-0.2, -0.15) is 0 Å². The van der Waals surface area contributed by atoms with E-state index in [1.165, 1.54) is 0 Å². The lowest BCUT2D eigenvalue weighted by atomic mass is 10.1. The molecule has 3 rings (SSSR count). The number of hydrogen-bond donors (Lipinski definition) is 1. The summed E-state index contributed by atoms with van der Waals surface area (Å²) >= 11 is 0. The number of carboxylic acids is 1. The Kier molecular flexibility index (Phi) is 4.89. The molecule has 0 saturated carbocycles. The molecule has 26 heavy (non-hydrogen) atoms. The van der Waals surface area contributed by atoms with Gasteiger partial charge in [-0.05, 0) is 67.9 Å². The number of aromatic nitrogens is 1. The number of carboxylic acid groups (broad SMARTS) is 1. The lowest BCUT2D eigenvalue weighted by molar-refractivity contribution is 0.0696. The van der Waals surface area contributed by atoms with Gasteiger partial charge in [-0.3, -0.25) is 4.99 Å². The monoisotopic (exact) mass is 348 g/mol. The van der Waals surface area contributed by atoms with Gasteiger partial charge in [0.05, 0.1) is 30.3 Å². The van der Waals surface area contributed by atoms with Crippen LogP contribution >= 0.6 is 0 Å². The number of carbonyl (C=O) groups is 1. The fourth-order valence-corrected chi connectivity index (χ4v) is 2.87. The van der Waals surface area contributed by atoms with E-state index in [1.54, 1.807) is 32.4 Å². The smallest absolute Gasteiger partial charge is 0.336 e. The molecule has 1 heterocycles. The van der Waals surface area contributed by atoms with Crippen LogP contribution in [0.3, 0.4) is 0 Å². The Morgan fingerprint density at radius 2 is 1.81 bits per heavy atom. The normalized spacial score (nSPS) is 11.0. The zero-order chi connectivity index (χ0) is 18.7. The molecule has 0 fully saturated rings. The molecule has 1 aromatic heterocycles. The maximum atomic E-state index is 11.3. The van der Waals surface area contributed by atoms with E-state index in [-0.39, 0.29) is 5.56 Å². The number of rotatable bonds is 5. The van der Waals surface area contributed by atoms with Crippen molar-refractivity contribution in [2.24, 2.45) is 4.99 Å². The van der Waals surface area contributed by atoms with E-state index in [0.29, 0.717) is 11.3 Å². The van der Waals surface area contributed by atoms with Crippen LogP contribution in [-0.2, 0) is 0 Å². The SMILES string of the molecule is COc1ccc(-n2c(C)ccc2C=Nc2cccc(C(=O)O)c2C)cc1. The summed E-state index contributed by atoms with van der Waals surface area (Å²) in [4.78, 5) is 15.8. The van der Waals surface area contributed by atoms with Crippen molar-refractivity contribution < 1.29 is 14.6 Å². The Bertz CT molecular complexity index is 969. The molecule has 5 heteroatoms. The topological polar surface area (TPSA) is 63.8 Å². The van der Waals surface area contributed by atoms with Gasteiger partial charge in [0, 0.05) is 11.4 Å². The number of benzene rings is 2. The summed E-state index contributed by atoms with van der Waals surface area (Å²) in [6, 6.07) is 16.9. The van der Waals surface area contributed by atoms with Crippen molar-refractivity contribution in [3.05, 3.63) is 77.1 Å². The predicted molar refractivity (Wildman–Crippen MR) is 102 cm³/mol. The Hall–Kier alpha value is -3.34. The molecule has 0 radical (unpaired) electrons. The van der Waals surface area contributed by atoms with Crippen LogP contribution in [0, 0.1) is 13.8 Å². The predicted octanol–water partition coefficient (Wildman–Crippen LogP) is 4.55. The van der Waals surface area contributed by atoms with Crippen molar-refractivity contribution >= 4 is 17.9 Å². The van der Waals surface area contributed by atoms with Crippen molar-refractivity contribution in [3.8, 4) is 11.4 Å². The molecule has 0 aliphatic carbocycles. The van der Waals surface area contributed by atoms with E-state index in [9.17, 15) is 9.90 Å². The Morgan fingerprint density at radius 3 is 2.46 bits per heavy atom. The molecule has 0 aliphatic heterocycles. The van der Waals surface area contributed by atoms with E-state index in [1.807, 2.05) is 49.4 Å². The van der Waals surface area contributed by atoms with Crippen molar-refractivity contribution in [2.75, 3.05) is 7.11 Å². The average molecular weight is 348 g/mol. The number of aryl methyl sites for hydroxylation is 1. The standard InChI is InChI=1S/C21H20N2O3/c1-14-7-8-17(23(14)16-9-11-18(26-3)12-10-16)13-22-20-6-4-5-19(15(20)2)21(24)25/h4-13H,1-3H3,(H,24,25). The molecule has 2 aromatic carbocycles. The van der Waals surface area contributed by atoms with Crippen LogP contribution in [0.15, 0.2) is 59.6 Å². The molecular formula is C21H20N2O3. The molecule has 0 spiro atoms. The van der Waals surface area contributed by atoms with Crippen molar-refractivity contribution in [3.63, 3.8) is 0 Å². The highest BCUT2D eigenvalue weighted by molar-refractivity contribution is 5.91. The minimum Gasteiger partial charge on any atom is -0.497 e. The molecule has 0 atom stereocenters. The van der Waals surface area contributed by atoms with Gasteiger partial charge in [-0.25, -0.2) is 4.79 Å². The fraction of sp³-hybridized carbons (Fsp3) is 0.143. The third-order valence-electron chi connectivity index (χ3n) is 4.31. The zero-order valence-electron chi connectivity index (χ0n) is 14.9. The summed E-state index contributed by atoms with van der Waals surface area (Å²) in [6.07, 6.45) is 1.76. The summed E-state index contributed by atoms with van der Waals surface area (Å²) in [5.74, 6) is -0.146. The quantitative estimate of drug-likeness (QED) is 0.688. The number of methoxy groups -OCH3 is 1. The fourth-order valence-electron chi connectivity index (χ4n) is 2.87. The van der Waals surface area contributed by atoms with Crippen molar-refractivity contribution in [2.45, 2.75) is 13.8 Å². The van der Waals surface area contributed by atoms with E-state index in [4.69, 9.17) is 4.74 Å². The lowest BCUT2D eigenvalue weighted by Crippen LogP contribution is -2.02. The third-order valence-corrected chi connectivity index (χ3v) is 4.31. The maximum absolute atomic E-state index is 11.3. The van der Waals surface area contributed by atoms with E-state index >= 15 is 0 Å². The second-order valence-corrected chi connectivity index (χ2v) is 5.95. The van der Waals surface area contributed by atoms with Gasteiger partial charge in [0.25, 0.3) is 0 Å². The largest absolute Gasteiger partial charge is 0.497 e. The molecule has 1 N–H and O–H groups in total. The van der Waals surface area contributed by atoms with Gasteiger partial charge in [0.1, 0.15) is 5.75 Å². The lowest BCUT2D eigenvalue weighted by Gasteiger charge is -2.10. The molecule has 0 saturated heterocycles. The van der Waals surface area contributed by atoms with Crippen LogP contribution in [0.5, 0.6) is 5.75 Å². The molecule has 0 amide bonds. The van der Waals surface area contributed by atoms with Crippen molar-refractivity contribution in [1.29, 1.82) is 0 Å². The summed E-state index contributed by atoms with van der Waals surface area (Å²) < 4.78 is 7.30. The van der Waals surface area contributed by atoms with E-state index in [0.717, 1.165) is 22.8 Å². The summed E-state index contributed by atoms with van der Waals surface area (Å²) in [6.45, 7) is 3.79. The highest BCUT2D eigenvalue weighted by atomic mass is 16.5. The molecule has 3 aromatic rings. The first kappa shape index (κ1) is 17.5. The number of aromatic carboxylic acids is 1. The highest BCUT2D eigenvalue weighted by Crippen LogP contribution is 2.23. The molecule has 0 bridgehead atoms. The van der Waals surface area contributed by atoms with Gasteiger partial charge < -0.3 is 14.4 Å². The maximum Gasteiger partial charge on any atom is 0.336 e. The number of aliphatic imine (C=N–C) groups is 1. The molecule has 5 nitrogen and oxygen atoms in total. The minimum absolute atomic E-state index is 0.265. The van der Waals surface area contributed by atoms with Gasteiger partial charge in [0.2, 0.25) is 0 Å². The van der Waals surface area contributed by atoms with Gasteiger partial charge >= 0.3 is 5.97 Å². The molecule has 132 valence electrons. The average Bonchev–Trinajstić information content (AvgIpc) is 3.01. The van der Waals surface area contributed by atoms with Crippen LogP contribution in [0.2, 0.25) is 0 Å². The number of hydrogen-bond acceptors (Lipinski definition) is 3. The second kappa shape index (κ2) is 7.27. The molecule has 0 aliphatic rings. The van der Waals surface area contributed by atoms with Gasteiger partial charge in [0.15, 0.2) is 0 Å². The zero-order valence-corrected chi connectivity index (χ0v) is 14.9. The van der Waals surface area contributed by atoms with E-state index < -0.39 is 5.97 Å². The van der Waals surface area contributed by atoms with Crippen LogP contribution in [0.25, 0.3) is 5.69 Å². The number of ether oxygens (including phenoxy) is 1. The third kappa shape index (κ3) is 3.37. The summed E-state index contributed by atoms with van der Waals surface area (Å²) in [5, 5.41) is 9.25. The highest BCUT2D eigenvalue weighted by Gasteiger charge is 2.10. The Morgan fingerprint density at radius 1 is 1.08 bits per heavy atom. The van der Waals surface area contributed by atoms with Crippen molar-refractivity contribution in [1.82, 2.24) is 4.57 Å². The molecular weight excluding hydrogens is 328 g/mol. The van der Waals surface area contributed by atoms with Crippen LogP contribution in [0.4, 0.5) is 5.69 Å². The van der Waals surface area contributed by atoms with Crippen LogP contribution in [0.1, 0.15) is 27.3 Å². The van der Waals surface area contributed by atoms with Crippen LogP contribution in [-0.4, -0.2) is 29.0 Å². The van der Waals surface area contributed by atoms with Gasteiger partial charge in [-0.1, -0.05) is 6.07 Å². The Labute approximate surface area is 152 Å². The summed E-state index contributed by atoms with van der Waals surface area (Å²) in [5.41, 5.74) is 4.55. The second-order valence-electron chi connectivity index (χ2n) is 5.95. The first-order chi connectivity index (χ1) is 12.5. The minimum atomic E-state index is -0.947. The molecule has 0 unspecified atom stereocenters. The van der Waals surface area contributed by atoms with Crippen LogP contribution < -0.4 is 4.74 Å². The Balaban J connectivity index is 1.98. The van der Waals surface area contributed by atoms with E-state index in [2.05, 4.69) is 9.56 Å². The van der Waals surface area contributed by atoms with Gasteiger partial charge in [-0.15, -0.1) is 0 Å². The summed E-state index contributed by atoms with van der Waals surface area (Å²) in [7, 11) is 1.64. The first-order valence-electron chi connectivity index (χ1n) is 8.21. The number of nitrogens with zero attached hydrogens (tertiary/aromatic N) is 2.